The van der Waals surface area contributed by atoms with Crippen molar-refractivity contribution in [3.63, 3.8) is 0 Å². The van der Waals surface area contributed by atoms with Crippen molar-refractivity contribution in [2.24, 2.45) is 0 Å². The van der Waals surface area contributed by atoms with Crippen LogP contribution in [0.5, 0.6) is 5.75 Å². The highest BCUT2D eigenvalue weighted by Gasteiger charge is 2.30. The van der Waals surface area contributed by atoms with Gasteiger partial charge in [0.2, 0.25) is 0 Å². The van der Waals surface area contributed by atoms with Gasteiger partial charge in [-0.15, -0.1) is 11.8 Å². The summed E-state index contributed by atoms with van der Waals surface area (Å²) >= 11 is 1.72. The maximum atomic E-state index is 12.8. The van der Waals surface area contributed by atoms with Crippen LogP contribution in [0.15, 0.2) is 78.0 Å². The molecule has 0 spiro atoms. The van der Waals surface area contributed by atoms with Crippen molar-refractivity contribution in [2.45, 2.75) is 30.1 Å². The Labute approximate surface area is 200 Å². The smallest absolute Gasteiger partial charge is 0.416 e. The van der Waals surface area contributed by atoms with Gasteiger partial charge in [-0.05, 0) is 66.8 Å². The summed E-state index contributed by atoms with van der Waals surface area (Å²) in [6.07, 6.45) is 2.42. The summed E-state index contributed by atoms with van der Waals surface area (Å²) in [6.45, 7) is 2.17. The Morgan fingerprint density at radius 1 is 1.06 bits per heavy atom. The first-order chi connectivity index (χ1) is 16.4. The van der Waals surface area contributed by atoms with Crippen LogP contribution in [0.1, 0.15) is 17.5 Å². The number of thioether (sulfide) groups is 1. The van der Waals surface area contributed by atoms with Crippen LogP contribution in [0.4, 0.5) is 13.2 Å². The predicted molar refractivity (Wildman–Crippen MR) is 129 cm³/mol. The number of hydrogen-bond acceptors (Lipinski definition) is 4. The third-order valence-corrected chi connectivity index (χ3v) is 6.81. The van der Waals surface area contributed by atoms with Crippen molar-refractivity contribution in [2.75, 3.05) is 19.3 Å². The molecule has 0 N–H and O–H groups in total. The molecule has 8 heteroatoms. The lowest BCUT2D eigenvalue weighted by molar-refractivity contribution is -0.137. The zero-order chi connectivity index (χ0) is 23.7. The first kappa shape index (κ1) is 22.8. The summed E-state index contributed by atoms with van der Waals surface area (Å²) in [5.74, 6) is 1.54. The number of hydrogen-bond donors (Lipinski definition) is 0. The predicted octanol–water partition coefficient (Wildman–Crippen LogP) is 6.42. The molecule has 1 unspecified atom stereocenters. The lowest BCUT2D eigenvalue weighted by Crippen LogP contribution is -2.24. The fourth-order valence-corrected chi connectivity index (χ4v) is 4.77. The summed E-state index contributed by atoms with van der Waals surface area (Å²) < 4.78 is 46.4. The van der Waals surface area contributed by atoms with E-state index in [1.165, 1.54) is 10.3 Å². The van der Waals surface area contributed by atoms with E-state index >= 15 is 0 Å². The van der Waals surface area contributed by atoms with E-state index in [4.69, 9.17) is 4.74 Å². The minimum absolute atomic E-state index is 0.0273. The molecule has 1 atom stereocenters. The summed E-state index contributed by atoms with van der Waals surface area (Å²) in [5, 5.41) is 1.17. The highest BCUT2D eigenvalue weighted by Crippen LogP contribution is 2.30. The lowest BCUT2D eigenvalue weighted by Gasteiger charge is -2.17. The number of pyridine rings is 1. The van der Waals surface area contributed by atoms with Gasteiger partial charge < -0.3 is 9.30 Å². The van der Waals surface area contributed by atoms with Gasteiger partial charge in [-0.1, -0.05) is 12.1 Å². The molecular formula is C26H24F3N3OS. The minimum atomic E-state index is -4.30. The number of nitrogens with zero attached hydrogens (tertiary/aromatic N) is 3. The lowest BCUT2D eigenvalue weighted by atomic mass is 10.1. The van der Waals surface area contributed by atoms with Crippen LogP contribution in [-0.2, 0) is 12.7 Å². The van der Waals surface area contributed by atoms with Crippen LogP contribution >= 0.6 is 11.8 Å². The normalized spacial score (nSPS) is 16.9. The number of aromatic nitrogens is 2. The molecule has 2 aromatic heterocycles. The Morgan fingerprint density at radius 3 is 2.59 bits per heavy atom. The second-order valence-electron chi connectivity index (χ2n) is 8.42. The Balaban J connectivity index is 1.19. The third-order valence-electron chi connectivity index (χ3n) is 6.08. The van der Waals surface area contributed by atoms with E-state index in [1.54, 1.807) is 30.1 Å². The number of ether oxygens (including phenoxy) is 1. The summed E-state index contributed by atoms with van der Waals surface area (Å²) in [4.78, 5) is 8.02. The maximum Gasteiger partial charge on any atom is 0.416 e. The first-order valence-electron chi connectivity index (χ1n) is 11.1. The molecule has 1 fully saturated rings. The van der Waals surface area contributed by atoms with Gasteiger partial charge in [0.25, 0.3) is 0 Å². The monoisotopic (exact) mass is 483 g/mol. The number of alkyl halides is 3. The molecule has 3 heterocycles. The quantitative estimate of drug-likeness (QED) is 0.296. The molecule has 1 aliphatic heterocycles. The van der Waals surface area contributed by atoms with Gasteiger partial charge in [-0.25, -0.2) is 4.98 Å². The van der Waals surface area contributed by atoms with Gasteiger partial charge in [0.05, 0.1) is 17.3 Å². The molecule has 5 rings (SSSR count). The average Bonchev–Trinajstić information content (AvgIpc) is 3.45. The molecular weight excluding hydrogens is 459 g/mol. The summed E-state index contributed by atoms with van der Waals surface area (Å²) in [7, 11) is 0. The van der Waals surface area contributed by atoms with Crippen molar-refractivity contribution >= 4 is 22.7 Å². The highest BCUT2D eigenvalue weighted by atomic mass is 32.2. The molecule has 0 saturated carbocycles. The van der Waals surface area contributed by atoms with Crippen molar-refractivity contribution in [3.8, 4) is 11.6 Å². The van der Waals surface area contributed by atoms with E-state index in [0.29, 0.717) is 12.3 Å². The van der Waals surface area contributed by atoms with Gasteiger partial charge in [-0.2, -0.15) is 13.2 Å². The fourth-order valence-electron chi connectivity index (χ4n) is 4.32. The Morgan fingerprint density at radius 2 is 1.88 bits per heavy atom. The molecule has 0 aliphatic carbocycles. The molecule has 4 aromatic rings. The molecule has 1 aliphatic rings. The van der Waals surface area contributed by atoms with E-state index < -0.39 is 11.7 Å². The average molecular weight is 484 g/mol. The Hall–Kier alpha value is -2.97. The maximum absolute atomic E-state index is 12.8. The molecule has 4 nitrogen and oxygen atoms in total. The summed E-state index contributed by atoms with van der Waals surface area (Å²) in [6, 6.07) is 17.7. The SMILES string of the molecule is CSc1ccc2c(ccn2-c2ccc(OC3CCN(Cc4ccc(C(F)(F)F)cc4)C3)cn2)c1. The van der Waals surface area contributed by atoms with Crippen LogP contribution in [0, 0.1) is 0 Å². The van der Waals surface area contributed by atoms with Crippen molar-refractivity contribution in [3.05, 3.63) is 84.2 Å². The number of benzene rings is 2. The zero-order valence-electron chi connectivity index (χ0n) is 18.6. The number of likely N-dealkylation sites (tertiary alicyclic amines) is 1. The van der Waals surface area contributed by atoms with Crippen LogP contribution in [0.25, 0.3) is 16.7 Å². The molecule has 0 bridgehead atoms. The van der Waals surface area contributed by atoms with E-state index in [0.717, 1.165) is 48.5 Å². The van der Waals surface area contributed by atoms with Crippen LogP contribution in [0.3, 0.4) is 0 Å². The number of fused-ring (bicyclic) bond motifs is 1. The van der Waals surface area contributed by atoms with E-state index in [-0.39, 0.29) is 6.10 Å². The first-order valence-corrected chi connectivity index (χ1v) is 12.3. The standard InChI is InChI=1S/C26H24F3N3OS/c1-34-23-7-8-24-19(14-23)10-13-32(24)25-9-6-21(15-30-25)33-22-11-12-31(17-22)16-18-2-4-20(5-3-18)26(27,28)29/h2-10,13-15,22H,11-12,16-17H2,1H3. The van der Waals surface area contributed by atoms with Crippen LogP contribution in [-0.4, -0.2) is 39.9 Å². The molecule has 0 radical (unpaired) electrons. The Kier molecular flexibility index (Phi) is 6.27. The van der Waals surface area contributed by atoms with Crippen LogP contribution in [0.2, 0.25) is 0 Å². The molecule has 1 saturated heterocycles. The van der Waals surface area contributed by atoms with Crippen molar-refractivity contribution in [1.29, 1.82) is 0 Å². The molecule has 176 valence electrons. The van der Waals surface area contributed by atoms with Gasteiger partial charge in [0, 0.05) is 36.1 Å². The summed E-state index contributed by atoms with van der Waals surface area (Å²) in [5.41, 5.74) is 1.35. The van der Waals surface area contributed by atoms with Gasteiger partial charge in [0.1, 0.15) is 17.7 Å². The second kappa shape index (κ2) is 9.35. The molecule has 2 aromatic carbocycles. The van der Waals surface area contributed by atoms with Crippen molar-refractivity contribution in [1.82, 2.24) is 14.5 Å². The van der Waals surface area contributed by atoms with Gasteiger partial charge >= 0.3 is 6.18 Å². The van der Waals surface area contributed by atoms with E-state index in [1.807, 2.05) is 18.3 Å². The zero-order valence-corrected chi connectivity index (χ0v) is 19.4. The van der Waals surface area contributed by atoms with Gasteiger partial charge in [0.15, 0.2) is 0 Å². The second-order valence-corrected chi connectivity index (χ2v) is 9.30. The largest absolute Gasteiger partial charge is 0.487 e. The number of rotatable bonds is 6. The van der Waals surface area contributed by atoms with Gasteiger partial charge in [-0.3, -0.25) is 4.90 Å². The Bertz CT molecular complexity index is 1270. The molecule has 0 amide bonds. The topological polar surface area (TPSA) is 30.3 Å². The fraction of sp³-hybridized carbons (Fsp3) is 0.269. The van der Waals surface area contributed by atoms with Crippen LogP contribution < -0.4 is 4.74 Å². The highest BCUT2D eigenvalue weighted by molar-refractivity contribution is 7.98. The van der Waals surface area contributed by atoms with E-state index in [9.17, 15) is 13.2 Å². The third kappa shape index (κ3) is 4.93. The van der Waals surface area contributed by atoms with E-state index in [2.05, 4.69) is 45.0 Å². The minimum Gasteiger partial charge on any atom is -0.487 e. The molecule has 34 heavy (non-hydrogen) atoms. The number of halogens is 3. The van der Waals surface area contributed by atoms with Crippen molar-refractivity contribution < 1.29 is 17.9 Å².